The lowest BCUT2D eigenvalue weighted by Gasteiger charge is -2.43. The molecular weight excluding hydrogens is 268 g/mol. The molecule has 0 aromatic carbocycles. The maximum absolute atomic E-state index is 12.0. The van der Waals surface area contributed by atoms with Crippen molar-refractivity contribution in [3.8, 4) is 0 Å². The second-order valence-corrected chi connectivity index (χ2v) is 7.10. The number of hydrogen-bond donors (Lipinski definition) is 2. The average molecular weight is 284 g/mol. The fourth-order valence-electron chi connectivity index (χ4n) is 2.41. The summed E-state index contributed by atoms with van der Waals surface area (Å²) < 4.78 is -0.575. The molecule has 2 heterocycles. The molecule has 2 fully saturated rings. The van der Waals surface area contributed by atoms with Crippen LogP contribution in [0, 0.1) is 0 Å². The van der Waals surface area contributed by atoms with Crippen LogP contribution < -0.4 is 5.32 Å². The van der Waals surface area contributed by atoms with E-state index in [0.29, 0.717) is 5.57 Å². The van der Waals surface area contributed by atoms with Crippen molar-refractivity contribution in [1.82, 2.24) is 10.2 Å². The normalized spacial score (nSPS) is 31.4. The Labute approximate surface area is 115 Å². The zero-order valence-electron chi connectivity index (χ0n) is 11.0. The van der Waals surface area contributed by atoms with Gasteiger partial charge in [-0.1, -0.05) is 6.58 Å². The minimum absolute atomic E-state index is 0.313. The summed E-state index contributed by atoms with van der Waals surface area (Å²) in [5.74, 6) is -1.74. The molecule has 0 bridgehead atoms. The number of thioether (sulfide) groups is 1. The molecule has 2 N–H and O–H groups in total. The smallest absolute Gasteiger partial charge is 0.327 e. The zero-order chi connectivity index (χ0) is 14.5. The van der Waals surface area contributed by atoms with E-state index in [0.717, 1.165) is 0 Å². The fraction of sp³-hybridized carbons (Fsp3) is 0.583. The Bertz CT molecular complexity index is 488. The van der Waals surface area contributed by atoms with Gasteiger partial charge in [-0.05, 0) is 20.8 Å². The first-order chi connectivity index (χ1) is 8.66. The molecule has 0 unspecified atom stereocenters. The molecular formula is C12H16N2O4S. The van der Waals surface area contributed by atoms with E-state index in [1.807, 2.05) is 0 Å². The predicted molar refractivity (Wildman–Crippen MR) is 70.5 cm³/mol. The molecule has 3 atom stereocenters. The summed E-state index contributed by atoms with van der Waals surface area (Å²) in [6.07, 6.45) is 0. The van der Waals surface area contributed by atoms with Crippen LogP contribution in [0.1, 0.15) is 20.8 Å². The average Bonchev–Trinajstić information content (AvgIpc) is 2.54. The minimum atomic E-state index is -1.02. The minimum Gasteiger partial charge on any atom is -0.480 e. The van der Waals surface area contributed by atoms with E-state index >= 15 is 0 Å². The quantitative estimate of drug-likeness (QED) is 0.571. The van der Waals surface area contributed by atoms with Crippen LogP contribution in [0.25, 0.3) is 0 Å². The first kappa shape index (κ1) is 13.9. The number of β-lactam (4-membered cyclic amide) rings is 1. The largest absolute Gasteiger partial charge is 0.480 e. The molecule has 0 spiro atoms. The van der Waals surface area contributed by atoms with Gasteiger partial charge in [-0.2, -0.15) is 0 Å². The number of nitrogens with zero attached hydrogens (tertiary/aromatic N) is 1. The Kier molecular flexibility index (Phi) is 3.12. The topological polar surface area (TPSA) is 86.7 Å². The van der Waals surface area contributed by atoms with Gasteiger partial charge in [-0.25, -0.2) is 4.79 Å². The first-order valence-electron chi connectivity index (χ1n) is 5.86. The van der Waals surface area contributed by atoms with E-state index in [4.69, 9.17) is 0 Å². The number of fused-ring (bicyclic) bond motifs is 1. The third kappa shape index (κ3) is 2.01. The van der Waals surface area contributed by atoms with Gasteiger partial charge in [0.05, 0.1) is 0 Å². The van der Waals surface area contributed by atoms with E-state index in [2.05, 4.69) is 11.9 Å². The molecule has 0 aliphatic carbocycles. The number of carboxylic acid groups (broad SMARTS) is 1. The number of amides is 2. The highest BCUT2D eigenvalue weighted by molar-refractivity contribution is 8.01. The second-order valence-electron chi connectivity index (χ2n) is 5.33. The highest BCUT2D eigenvalue weighted by Crippen LogP contribution is 2.50. The van der Waals surface area contributed by atoms with Crippen LogP contribution in [-0.2, 0) is 14.4 Å². The van der Waals surface area contributed by atoms with Crippen LogP contribution in [0.5, 0.6) is 0 Å². The lowest BCUT2D eigenvalue weighted by Crippen LogP contribution is -2.70. The van der Waals surface area contributed by atoms with Gasteiger partial charge < -0.3 is 15.3 Å². The van der Waals surface area contributed by atoms with Crippen LogP contribution in [-0.4, -0.2) is 50.0 Å². The van der Waals surface area contributed by atoms with Crippen LogP contribution in [0.3, 0.4) is 0 Å². The molecule has 2 rings (SSSR count). The molecule has 2 saturated heterocycles. The van der Waals surface area contributed by atoms with Crippen molar-refractivity contribution in [1.29, 1.82) is 0 Å². The van der Waals surface area contributed by atoms with Crippen molar-refractivity contribution in [3.05, 3.63) is 12.2 Å². The number of aliphatic carboxylic acids is 1. The lowest BCUT2D eigenvalue weighted by atomic mass is 9.96. The molecule has 0 saturated carbocycles. The molecule has 2 aliphatic heterocycles. The number of carbonyl (C=O) groups excluding carboxylic acids is 2. The SMILES string of the molecule is C=C(C)C(=O)N[C@@H]1C(=O)N2[C@@H]1SC(C)(C)[C@@H]2C(=O)O. The van der Waals surface area contributed by atoms with Crippen molar-refractivity contribution >= 4 is 29.5 Å². The number of carboxylic acids is 1. The molecule has 0 aromatic heterocycles. The predicted octanol–water partition coefficient (Wildman–Crippen LogP) is 0.194. The summed E-state index contributed by atoms with van der Waals surface area (Å²) in [5, 5.41) is 11.5. The van der Waals surface area contributed by atoms with Crippen LogP contribution in [0.2, 0.25) is 0 Å². The highest BCUT2D eigenvalue weighted by Gasteiger charge is 2.64. The molecule has 6 nitrogen and oxygen atoms in total. The number of rotatable bonds is 3. The second kappa shape index (κ2) is 4.26. The van der Waals surface area contributed by atoms with Gasteiger partial charge >= 0.3 is 5.97 Å². The molecule has 7 heteroatoms. The van der Waals surface area contributed by atoms with Gasteiger partial charge in [0, 0.05) is 10.3 Å². The Morgan fingerprint density at radius 1 is 1.47 bits per heavy atom. The monoisotopic (exact) mass is 284 g/mol. The maximum Gasteiger partial charge on any atom is 0.327 e. The fourth-order valence-corrected chi connectivity index (χ4v) is 4.04. The first-order valence-corrected chi connectivity index (χ1v) is 6.74. The summed E-state index contributed by atoms with van der Waals surface area (Å²) in [6.45, 7) is 8.65. The number of hydrogen-bond acceptors (Lipinski definition) is 4. The van der Waals surface area contributed by atoms with E-state index in [9.17, 15) is 19.5 Å². The summed E-state index contributed by atoms with van der Waals surface area (Å²) in [6, 6.07) is -1.51. The van der Waals surface area contributed by atoms with Gasteiger partial charge in [0.15, 0.2) is 0 Å². The van der Waals surface area contributed by atoms with Crippen LogP contribution >= 0.6 is 11.8 Å². The van der Waals surface area contributed by atoms with Crippen molar-refractivity contribution in [2.24, 2.45) is 0 Å². The molecule has 104 valence electrons. The van der Waals surface area contributed by atoms with E-state index in [1.54, 1.807) is 20.8 Å². The van der Waals surface area contributed by atoms with Crippen LogP contribution in [0.4, 0.5) is 0 Å². The van der Waals surface area contributed by atoms with E-state index < -0.39 is 22.8 Å². The Hall–Kier alpha value is -1.50. The Balaban J connectivity index is 2.17. The summed E-state index contributed by atoms with van der Waals surface area (Å²) in [7, 11) is 0. The highest BCUT2D eigenvalue weighted by atomic mass is 32.2. The lowest BCUT2D eigenvalue weighted by molar-refractivity contribution is -0.160. The summed E-state index contributed by atoms with van der Waals surface area (Å²) in [5.41, 5.74) is 0.322. The molecule has 2 aliphatic rings. The Morgan fingerprint density at radius 2 is 2.05 bits per heavy atom. The van der Waals surface area contributed by atoms with E-state index in [1.165, 1.54) is 16.7 Å². The molecule has 0 radical (unpaired) electrons. The van der Waals surface area contributed by atoms with Gasteiger partial charge in [-0.3, -0.25) is 9.59 Å². The molecule has 19 heavy (non-hydrogen) atoms. The molecule has 0 aromatic rings. The third-order valence-electron chi connectivity index (χ3n) is 3.35. The van der Waals surface area contributed by atoms with Gasteiger partial charge in [-0.15, -0.1) is 11.8 Å². The maximum atomic E-state index is 12.0. The van der Waals surface area contributed by atoms with Crippen molar-refractivity contribution in [2.75, 3.05) is 0 Å². The summed E-state index contributed by atoms with van der Waals surface area (Å²) >= 11 is 1.40. The van der Waals surface area contributed by atoms with Crippen molar-refractivity contribution in [3.63, 3.8) is 0 Å². The van der Waals surface area contributed by atoms with Crippen LogP contribution in [0.15, 0.2) is 12.2 Å². The zero-order valence-corrected chi connectivity index (χ0v) is 11.8. The van der Waals surface area contributed by atoms with E-state index in [-0.39, 0.29) is 17.2 Å². The summed E-state index contributed by atoms with van der Waals surface area (Å²) in [4.78, 5) is 36.2. The van der Waals surface area contributed by atoms with Gasteiger partial charge in [0.2, 0.25) is 11.8 Å². The van der Waals surface area contributed by atoms with Crippen molar-refractivity contribution in [2.45, 2.75) is 43.0 Å². The third-order valence-corrected chi connectivity index (χ3v) is 4.92. The van der Waals surface area contributed by atoms with Gasteiger partial charge in [0.1, 0.15) is 17.5 Å². The van der Waals surface area contributed by atoms with Crippen molar-refractivity contribution < 1.29 is 19.5 Å². The standard InChI is InChI=1S/C12H16N2O4S/c1-5(2)8(15)13-6-9(16)14-7(11(17)18)12(3,4)19-10(6)14/h6-7,10H,1H2,2-4H3,(H,13,15)(H,17,18)/t6-,7+,10-/m1/s1. The van der Waals surface area contributed by atoms with Gasteiger partial charge in [0.25, 0.3) is 0 Å². The number of carbonyl (C=O) groups is 3. The number of nitrogens with one attached hydrogen (secondary N) is 1. The molecule has 2 amide bonds. The Morgan fingerprint density at radius 3 is 2.53 bits per heavy atom.